The zero-order valence-electron chi connectivity index (χ0n) is 12.8. The number of benzene rings is 1. The number of fused-ring (bicyclic) bond motifs is 1. The Hall–Kier alpha value is -1.35. The van der Waals surface area contributed by atoms with E-state index in [0.29, 0.717) is 6.04 Å². The average Bonchev–Trinajstić information content (AvgIpc) is 3.02. The Morgan fingerprint density at radius 2 is 2.25 bits per heavy atom. The van der Waals surface area contributed by atoms with Crippen molar-refractivity contribution >= 4 is 11.0 Å². The van der Waals surface area contributed by atoms with Crippen LogP contribution in [0, 0.1) is 12.8 Å². The first-order valence-corrected chi connectivity index (χ1v) is 7.83. The number of aryl methyl sites for hydroxylation is 2. The minimum absolute atomic E-state index is 0.472. The smallest absolute Gasteiger partial charge is 0.110 e. The van der Waals surface area contributed by atoms with Crippen LogP contribution in [0.1, 0.15) is 44.1 Å². The van der Waals surface area contributed by atoms with E-state index in [2.05, 4.69) is 48.9 Å². The van der Waals surface area contributed by atoms with Gasteiger partial charge >= 0.3 is 0 Å². The molecule has 3 heteroatoms. The predicted molar refractivity (Wildman–Crippen MR) is 84.2 cm³/mol. The lowest BCUT2D eigenvalue weighted by atomic mass is 10.0. The maximum Gasteiger partial charge on any atom is 0.110 e. The van der Waals surface area contributed by atoms with E-state index in [1.165, 1.54) is 42.8 Å². The van der Waals surface area contributed by atoms with Gasteiger partial charge in [-0.1, -0.05) is 6.07 Å². The van der Waals surface area contributed by atoms with Crippen LogP contribution in [0.25, 0.3) is 11.0 Å². The van der Waals surface area contributed by atoms with Gasteiger partial charge in [0, 0.05) is 12.5 Å². The van der Waals surface area contributed by atoms with Crippen LogP contribution in [-0.2, 0) is 6.42 Å². The van der Waals surface area contributed by atoms with Gasteiger partial charge in [0.1, 0.15) is 5.82 Å². The molecule has 0 aliphatic carbocycles. The molecule has 108 valence electrons. The van der Waals surface area contributed by atoms with Crippen molar-refractivity contribution in [2.75, 3.05) is 13.1 Å². The molecule has 3 nitrogen and oxygen atoms in total. The molecule has 1 N–H and O–H groups in total. The van der Waals surface area contributed by atoms with Crippen LogP contribution < -0.4 is 5.32 Å². The number of nitrogens with one attached hydrogen (secondary N) is 1. The molecular formula is C17H25N3. The second kappa shape index (κ2) is 5.57. The lowest BCUT2D eigenvalue weighted by molar-refractivity contribution is 0.502. The highest BCUT2D eigenvalue weighted by Gasteiger charge is 2.18. The van der Waals surface area contributed by atoms with Crippen LogP contribution >= 0.6 is 0 Å². The number of rotatable bonds is 4. The summed E-state index contributed by atoms with van der Waals surface area (Å²) in [6.45, 7) is 9.01. The summed E-state index contributed by atoms with van der Waals surface area (Å²) in [7, 11) is 0. The standard InChI is InChI=1S/C17H25N3/c1-12(2)20-16-6-4-13(3)10-15(16)19-17(20)7-5-14-8-9-18-11-14/h4,6,10,12,14,18H,5,7-9,11H2,1-3H3. The summed E-state index contributed by atoms with van der Waals surface area (Å²) >= 11 is 0. The molecule has 2 aromatic rings. The van der Waals surface area contributed by atoms with E-state index < -0.39 is 0 Å². The Labute approximate surface area is 121 Å². The molecule has 1 aliphatic rings. The summed E-state index contributed by atoms with van der Waals surface area (Å²) in [4.78, 5) is 4.90. The van der Waals surface area contributed by atoms with Gasteiger partial charge in [-0.15, -0.1) is 0 Å². The van der Waals surface area contributed by atoms with Crippen LogP contribution in [0.2, 0.25) is 0 Å². The summed E-state index contributed by atoms with van der Waals surface area (Å²) in [5.41, 5.74) is 3.72. The van der Waals surface area contributed by atoms with Gasteiger partial charge in [-0.3, -0.25) is 0 Å². The molecule has 0 saturated carbocycles. The minimum atomic E-state index is 0.472. The summed E-state index contributed by atoms with van der Waals surface area (Å²) in [6.07, 6.45) is 3.67. The van der Waals surface area contributed by atoms with Crippen molar-refractivity contribution in [1.29, 1.82) is 0 Å². The monoisotopic (exact) mass is 271 g/mol. The molecule has 1 aromatic carbocycles. The summed E-state index contributed by atoms with van der Waals surface area (Å²) in [5.74, 6) is 2.09. The first kappa shape index (κ1) is 13.6. The lowest BCUT2D eigenvalue weighted by Gasteiger charge is -2.14. The Balaban J connectivity index is 1.89. The fraction of sp³-hybridized carbons (Fsp3) is 0.588. The molecule has 3 rings (SSSR count). The zero-order chi connectivity index (χ0) is 14.1. The second-order valence-electron chi connectivity index (χ2n) is 6.38. The maximum atomic E-state index is 4.90. The Bertz CT molecular complexity index is 592. The second-order valence-corrected chi connectivity index (χ2v) is 6.38. The summed E-state index contributed by atoms with van der Waals surface area (Å²) in [6, 6.07) is 7.08. The van der Waals surface area contributed by atoms with E-state index >= 15 is 0 Å². The van der Waals surface area contributed by atoms with E-state index in [0.717, 1.165) is 17.9 Å². The third-order valence-electron chi connectivity index (χ3n) is 4.37. The van der Waals surface area contributed by atoms with Crippen molar-refractivity contribution in [2.45, 2.75) is 46.1 Å². The van der Waals surface area contributed by atoms with E-state index in [4.69, 9.17) is 4.98 Å². The van der Waals surface area contributed by atoms with E-state index in [-0.39, 0.29) is 0 Å². The van der Waals surface area contributed by atoms with Gasteiger partial charge in [-0.2, -0.15) is 0 Å². The van der Waals surface area contributed by atoms with Crippen molar-refractivity contribution in [3.05, 3.63) is 29.6 Å². The SMILES string of the molecule is Cc1ccc2c(c1)nc(CCC1CCNC1)n2C(C)C. The highest BCUT2D eigenvalue weighted by molar-refractivity contribution is 5.77. The first-order valence-electron chi connectivity index (χ1n) is 7.83. The normalized spacial score (nSPS) is 19.3. The van der Waals surface area contributed by atoms with Crippen LogP contribution in [0.3, 0.4) is 0 Å². The van der Waals surface area contributed by atoms with Crippen molar-refractivity contribution in [3.63, 3.8) is 0 Å². The molecule has 1 aliphatic heterocycles. The Kier molecular flexibility index (Phi) is 3.79. The number of aromatic nitrogens is 2. The molecule has 1 saturated heterocycles. The molecule has 0 spiro atoms. The molecule has 2 heterocycles. The van der Waals surface area contributed by atoms with Gasteiger partial charge in [0.2, 0.25) is 0 Å². The average molecular weight is 271 g/mol. The Morgan fingerprint density at radius 3 is 2.95 bits per heavy atom. The van der Waals surface area contributed by atoms with Crippen molar-refractivity contribution in [2.24, 2.45) is 5.92 Å². The molecule has 1 unspecified atom stereocenters. The largest absolute Gasteiger partial charge is 0.325 e. The zero-order valence-corrected chi connectivity index (χ0v) is 12.8. The van der Waals surface area contributed by atoms with Crippen molar-refractivity contribution in [3.8, 4) is 0 Å². The van der Waals surface area contributed by atoms with E-state index in [1.54, 1.807) is 0 Å². The van der Waals surface area contributed by atoms with Crippen LogP contribution in [-0.4, -0.2) is 22.6 Å². The van der Waals surface area contributed by atoms with Crippen LogP contribution in [0.15, 0.2) is 18.2 Å². The predicted octanol–water partition coefficient (Wildman–Crippen LogP) is 3.47. The van der Waals surface area contributed by atoms with E-state index in [1.807, 2.05) is 0 Å². The molecule has 1 atom stereocenters. The van der Waals surface area contributed by atoms with Gasteiger partial charge < -0.3 is 9.88 Å². The molecule has 20 heavy (non-hydrogen) atoms. The molecular weight excluding hydrogens is 246 g/mol. The van der Waals surface area contributed by atoms with Gasteiger partial charge in [-0.25, -0.2) is 4.98 Å². The molecule has 1 fully saturated rings. The van der Waals surface area contributed by atoms with Crippen molar-refractivity contribution in [1.82, 2.24) is 14.9 Å². The van der Waals surface area contributed by atoms with Gasteiger partial charge in [0.15, 0.2) is 0 Å². The first-order chi connectivity index (χ1) is 9.65. The third-order valence-corrected chi connectivity index (χ3v) is 4.37. The van der Waals surface area contributed by atoms with Crippen molar-refractivity contribution < 1.29 is 0 Å². The van der Waals surface area contributed by atoms with E-state index in [9.17, 15) is 0 Å². The molecule has 0 bridgehead atoms. The molecule has 1 aromatic heterocycles. The number of nitrogens with zero attached hydrogens (tertiary/aromatic N) is 2. The summed E-state index contributed by atoms with van der Waals surface area (Å²) < 4.78 is 2.41. The highest BCUT2D eigenvalue weighted by Crippen LogP contribution is 2.24. The minimum Gasteiger partial charge on any atom is -0.325 e. The van der Waals surface area contributed by atoms with Gasteiger partial charge in [0.05, 0.1) is 11.0 Å². The topological polar surface area (TPSA) is 29.9 Å². The fourth-order valence-electron chi connectivity index (χ4n) is 3.31. The van der Waals surface area contributed by atoms with Crippen LogP contribution in [0.4, 0.5) is 0 Å². The fourth-order valence-corrected chi connectivity index (χ4v) is 3.31. The number of hydrogen-bond acceptors (Lipinski definition) is 2. The quantitative estimate of drug-likeness (QED) is 0.923. The number of hydrogen-bond donors (Lipinski definition) is 1. The number of imidazole rings is 1. The Morgan fingerprint density at radius 1 is 1.40 bits per heavy atom. The molecule has 0 radical (unpaired) electrons. The lowest BCUT2D eigenvalue weighted by Crippen LogP contribution is -2.12. The maximum absolute atomic E-state index is 4.90. The third kappa shape index (κ3) is 2.59. The highest BCUT2D eigenvalue weighted by atomic mass is 15.1. The van der Waals surface area contributed by atoms with Crippen LogP contribution in [0.5, 0.6) is 0 Å². The van der Waals surface area contributed by atoms with Gasteiger partial charge in [-0.05, 0) is 70.3 Å². The molecule has 0 amide bonds. The summed E-state index contributed by atoms with van der Waals surface area (Å²) in [5, 5.41) is 3.45. The van der Waals surface area contributed by atoms with Gasteiger partial charge in [0.25, 0.3) is 0 Å².